The molecule has 0 saturated heterocycles. The average Bonchev–Trinajstić information content (AvgIpc) is 2.14. The summed E-state index contributed by atoms with van der Waals surface area (Å²) in [6.07, 6.45) is -4.16. The van der Waals surface area contributed by atoms with Crippen LogP contribution in [0.4, 0.5) is 17.6 Å². The number of halogens is 5. The van der Waals surface area contributed by atoms with E-state index in [0.29, 0.717) is 6.42 Å². The van der Waals surface area contributed by atoms with Gasteiger partial charge in [0, 0.05) is 6.04 Å². The SMILES string of the molecule is CCC(N)c1cc(F)ccc1C(F)(F)F.Cl. The van der Waals surface area contributed by atoms with Gasteiger partial charge in [0.2, 0.25) is 0 Å². The predicted octanol–water partition coefficient (Wildman–Crippen LogP) is 3.68. The summed E-state index contributed by atoms with van der Waals surface area (Å²) in [5.41, 5.74) is 4.44. The minimum absolute atomic E-state index is 0. The molecule has 0 fully saturated rings. The molecule has 1 rings (SSSR count). The summed E-state index contributed by atoms with van der Waals surface area (Å²) in [6, 6.07) is 1.56. The molecule has 2 N–H and O–H groups in total. The third kappa shape index (κ3) is 3.35. The van der Waals surface area contributed by atoms with Gasteiger partial charge in [0.1, 0.15) is 5.82 Å². The number of alkyl halides is 3. The van der Waals surface area contributed by atoms with Gasteiger partial charge >= 0.3 is 6.18 Å². The van der Waals surface area contributed by atoms with Gasteiger partial charge in [-0.25, -0.2) is 4.39 Å². The fourth-order valence-electron chi connectivity index (χ4n) is 1.32. The highest BCUT2D eigenvalue weighted by Gasteiger charge is 2.34. The highest BCUT2D eigenvalue weighted by molar-refractivity contribution is 5.85. The molecule has 0 aliphatic heterocycles. The Kier molecular flexibility index (Phi) is 5.22. The van der Waals surface area contributed by atoms with Crippen molar-refractivity contribution < 1.29 is 17.6 Å². The summed E-state index contributed by atoms with van der Waals surface area (Å²) in [5.74, 6) is -0.707. The molecule has 0 bridgehead atoms. The standard InChI is InChI=1S/C10H11F4N.ClH/c1-2-9(15)7-5-6(11)3-4-8(7)10(12,13)14;/h3-5,9H,2,15H2,1H3;1H. The Morgan fingerprint density at radius 1 is 1.31 bits per heavy atom. The van der Waals surface area contributed by atoms with Crippen molar-refractivity contribution in [2.45, 2.75) is 25.6 Å². The first-order chi connectivity index (χ1) is 6.86. The fraction of sp³-hybridized carbons (Fsp3) is 0.400. The Morgan fingerprint density at radius 3 is 2.31 bits per heavy atom. The van der Waals surface area contributed by atoms with E-state index in [9.17, 15) is 17.6 Å². The second-order valence-electron chi connectivity index (χ2n) is 3.24. The fourth-order valence-corrected chi connectivity index (χ4v) is 1.32. The van der Waals surface area contributed by atoms with Gasteiger partial charge in [0.15, 0.2) is 0 Å². The van der Waals surface area contributed by atoms with Crippen LogP contribution in [0.5, 0.6) is 0 Å². The largest absolute Gasteiger partial charge is 0.416 e. The molecule has 0 aliphatic rings. The van der Waals surface area contributed by atoms with E-state index in [1.807, 2.05) is 0 Å². The van der Waals surface area contributed by atoms with Crippen LogP contribution >= 0.6 is 12.4 Å². The highest BCUT2D eigenvalue weighted by atomic mass is 35.5. The van der Waals surface area contributed by atoms with Crippen molar-refractivity contribution in [3.05, 3.63) is 35.1 Å². The van der Waals surface area contributed by atoms with E-state index in [-0.39, 0.29) is 18.0 Å². The van der Waals surface area contributed by atoms with Gasteiger partial charge in [-0.1, -0.05) is 6.92 Å². The quantitative estimate of drug-likeness (QED) is 0.804. The number of rotatable bonds is 2. The zero-order chi connectivity index (χ0) is 11.6. The first kappa shape index (κ1) is 15.2. The van der Waals surface area contributed by atoms with Crippen LogP contribution < -0.4 is 5.73 Å². The third-order valence-electron chi connectivity index (χ3n) is 2.16. The molecule has 0 saturated carbocycles. The molecule has 1 aromatic rings. The van der Waals surface area contributed by atoms with Crippen molar-refractivity contribution in [3.63, 3.8) is 0 Å². The molecule has 0 aromatic heterocycles. The molecule has 0 spiro atoms. The van der Waals surface area contributed by atoms with Crippen molar-refractivity contribution in [1.29, 1.82) is 0 Å². The topological polar surface area (TPSA) is 26.0 Å². The normalized spacial score (nSPS) is 13.1. The smallest absolute Gasteiger partial charge is 0.324 e. The molecule has 0 aliphatic carbocycles. The number of hydrogen-bond donors (Lipinski definition) is 1. The van der Waals surface area contributed by atoms with E-state index in [4.69, 9.17) is 5.73 Å². The van der Waals surface area contributed by atoms with E-state index < -0.39 is 23.6 Å². The van der Waals surface area contributed by atoms with Crippen molar-refractivity contribution in [3.8, 4) is 0 Å². The van der Waals surface area contributed by atoms with Crippen LogP contribution in [-0.4, -0.2) is 0 Å². The van der Waals surface area contributed by atoms with E-state index in [0.717, 1.165) is 18.2 Å². The van der Waals surface area contributed by atoms with Gasteiger partial charge in [-0.15, -0.1) is 12.4 Å². The molecule has 6 heteroatoms. The van der Waals surface area contributed by atoms with Gasteiger partial charge in [0.25, 0.3) is 0 Å². The zero-order valence-corrected chi connectivity index (χ0v) is 9.33. The van der Waals surface area contributed by atoms with Gasteiger partial charge < -0.3 is 5.73 Å². The summed E-state index contributed by atoms with van der Waals surface area (Å²) in [4.78, 5) is 0. The van der Waals surface area contributed by atoms with E-state index in [1.165, 1.54) is 0 Å². The predicted molar refractivity (Wildman–Crippen MR) is 55.9 cm³/mol. The van der Waals surface area contributed by atoms with Gasteiger partial charge in [-0.3, -0.25) is 0 Å². The molecule has 1 unspecified atom stereocenters. The summed E-state index contributed by atoms with van der Waals surface area (Å²) < 4.78 is 50.3. The molecule has 0 heterocycles. The molecule has 92 valence electrons. The Balaban J connectivity index is 0.00000225. The lowest BCUT2D eigenvalue weighted by molar-refractivity contribution is -0.138. The van der Waals surface area contributed by atoms with Crippen LogP contribution in [0, 0.1) is 5.82 Å². The van der Waals surface area contributed by atoms with E-state index >= 15 is 0 Å². The van der Waals surface area contributed by atoms with Crippen LogP contribution in [0.1, 0.15) is 30.5 Å². The Labute approximate surface area is 97.0 Å². The lowest BCUT2D eigenvalue weighted by Crippen LogP contribution is -2.17. The van der Waals surface area contributed by atoms with Crippen LogP contribution in [-0.2, 0) is 6.18 Å². The summed E-state index contributed by atoms with van der Waals surface area (Å²) >= 11 is 0. The van der Waals surface area contributed by atoms with Crippen molar-refractivity contribution in [2.75, 3.05) is 0 Å². The van der Waals surface area contributed by atoms with Crippen molar-refractivity contribution >= 4 is 12.4 Å². The van der Waals surface area contributed by atoms with Gasteiger partial charge in [-0.2, -0.15) is 13.2 Å². The second kappa shape index (κ2) is 5.50. The van der Waals surface area contributed by atoms with Crippen LogP contribution in [0.3, 0.4) is 0 Å². The number of nitrogens with two attached hydrogens (primary N) is 1. The lowest BCUT2D eigenvalue weighted by atomic mass is 9.98. The van der Waals surface area contributed by atoms with Gasteiger partial charge in [0.05, 0.1) is 5.56 Å². The molecule has 1 nitrogen and oxygen atoms in total. The Morgan fingerprint density at radius 2 is 1.88 bits per heavy atom. The zero-order valence-electron chi connectivity index (χ0n) is 8.51. The molecule has 1 atom stereocenters. The molecular formula is C10H12ClF4N. The maximum atomic E-state index is 12.8. The maximum absolute atomic E-state index is 12.8. The van der Waals surface area contributed by atoms with Crippen molar-refractivity contribution in [1.82, 2.24) is 0 Å². The monoisotopic (exact) mass is 257 g/mol. The van der Waals surface area contributed by atoms with E-state index in [2.05, 4.69) is 0 Å². The maximum Gasteiger partial charge on any atom is 0.416 e. The van der Waals surface area contributed by atoms with Crippen molar-refractivity contribution in [2.24, 2.45) is 5.73 Å². The summed E-state index contributed by atoms with van der Waals surface area (Å²) in [5, 5.41) is 0. The first-order valence-electron chi connectivity index (χ1n) is 4.48. The summed E-state index contributed by atoms with van der Waals surface area (Å²) in [7, 11) is 0. The molecule has 0 amide bonds. The third-order valence-corrected chi connectivity index (χ3v) is 2.16. The number of benzene rings is 1. The Hall–Kier alpha value is -0.810. The molecular weight excluding hydrogens is 246 g/mol. The van der Waals surface area contributed by atoms with Gasteiger partial charge in [-0.05, 0) is 30.2 Å². The van der Waals surface area contributed by atoms with Crippen LogP contribution in [0.15, 0.2) is 18.2 Å². The minimum Gasteiger partial charge on any atom is -0.324 e. The van der Waals surface area contributed by atoms with Crippen LogP contribution in [0.2, 0.25) is 0 Å². The summed E-state index contributed by atoms with van der Waals surface area (Å²) in [6.45, 7) is 1.65. The molecule has 0 radical (unpaired) electrons. The second-order valence-corrected chi connectivity index (χ2v) is 3.24. The molecule has 1 aromatic carbocycles. The highest BCUT2D eigenvalue weighted by Crippen LogP contribution is 2.35. The minimum atomic E-state index is -4.49. The van der Waals surface area contributed by atoms with E-state index in [1.54, 1.807) is 6.92 Å². The molecule has 16 heavy (non-hydrogen) atoms. The Bertz CT molecular complexity index is 351. The number of hydrogen-bond acceptors (Lipinski definition) is 1. The first-order valence-corrected chi connectivity index (χ1v) is 4.48. The lowest BCUT2D eigenvalue weighted by Gasteiger charge is -2.17. The average molecular weight is 258 g/mol. The van der Waals surface area contributed by atoms with Crippen LogP contribution in [0.25, 0.3) is 0 Å².